The molecule has 2 rings (SSSR count). The van der Waals surface area contributed by atoms with Crippen molar-refractivity contribution in [1.82, 2.24) is 9.38 Å². The molecule has 1 unspecified atom stereocenters. The number of nitrogens with two attached hydrogens (primary N) is 1. The number of rotatable bonds is 3. The van der Waals surface area contributed by atoms with Crippen LogP contribution in [-0.4, -0.2) is 15.9 Å². The number of imidazole rings is 1. The number of hydrogen-bond acceptors (Lipinski definition) is 2. The molecule has 0 aromatic carbocycles. The Morgan fingerprint density at radius 3 is 2.40 bits per heavy atom. The Hall–Kier alpha value is -1.56. The predicted octanol–water partition coefficient (Wildman–Crippen LogP) is 3.54. The molecule has 2 aromatic rings. The Balaban J connectivity index is 2.72. The maximum Gasteiger partial charge on any atom is 0.417 e. The molecule has 1 atom stereocenters. The monoisotopic (exact) mass is 285 g/mol. The van der Waals surface area contributed by atoms with Gasteiger partial charge in [-0.25, -0.2) is 4.98 Å². The normalized spacial score (nSPS) is 14.2. The van der Waals surface area contributed by atoms with Gasteiger partial charge in [0.1, 0.15) is 5.65 Å². The van der Waals surface area contributed by atoms with Crippen LogP contribution < -0.4 is 5.73 Å². The molecule has 0 saturated heterocycles. The van der Waals surface area contributed by atoms with Crippen molar-refractivity contribution in [3.63, 3.8) is 0 Å². The van der Waals surface area contributed by atoms with Crippen LogP contribution in [0.25, 0.3) is 5.65 Å². The Morgan fingerprint density at radius 1 is 1.25 bits per heavy atom. The summed E-state index contributed by atoms with van der Waals surface area (Å²) in [5.74, 6) is 0.0825. The minimum atomic E-state index is -4.36. The summed E-state index contributed by atoms with van der Waals surface area (Å²) in [6, 6.07) is 2.46. The average molecular weight is 285 g/mol. The molecule has 2 N–H and O–H groups in total. The van der Waals surface area contributed by atoms with E-state index in [0.717, 1.165) is 23.7 Å². The standard InChI is InChI=1S/C14H18F3N3/c1-8(2)12-13(9(3)6-18)20-7-10(14(15,16)17)4-5-11(20)19-12/h4-5,7-9H,6,18H2,1-3H3. The lowest BCUT2D eigenvalue weighted by Crippen LogP contribution is -2.14. The van der Waals surface area contributed by atoms with E-state index in [-0.39, 0.29) is 11.8 Å². The lowest BCUT2D eigenvalue weighted by Gasteiger charge is -2.14. The number of halogens is 3. The van der Waals surface area contributed by atoms with Crippen molar-refractivity contribution in [3.8, 4) is 0 Å². The maximum absolute atomic E-state index is 12.8. The molecule has 2 aromatic heterocycles. The Kier molecular flexibility index (Phi) is 3.77. The average Bonchev–Trinajstić information content (AvgIpc) is 2.75. The molecule has 0 amide bonds. The minimum Gasteiger partial charge on any atom is -0.330 e. The molecule has 0 radical (unpaired) electrons. The fraction of sp³-hybridized carbons (Fsp3) is 0.500. The first kappa shape index (κ1) is 14.8. The Bertz CT molecular complexity index is 614. The molecular weight excluding hydrogens is 267 g/mol. The summed E-state index contributed by atoms with van der Waals surface area (Å²) in [6.07, 6.45) is -3.25. The van der Waals surface area contributed by atoms with E-state index in [4.69, 9.17) is 5.73 Å². The van der Waals surface area contributed by atoms with Gasteiger partial charge in [-0.3, -0.25) is 0 Å². The number of aromatic nitrogens is 2. The van der Waals surface area contributed by atoms with E-state index in [2.05, 4.69) is 4.98 Å². The smallest absolute Gasteiger partial charge is 0.330 e. The second-order valence-electron chi connectivity index (χ2n) is 5.32. The van der Waals surface area contributed by atoms with Crippen molar-refractivity contribution in [2.24, 2.45) is 5.73 Å². The first-order valence-electron chi connectivity index (χ1n) is 6.54. The fourth-order valence-electron chi connectivity index (χ4n) is 2.28. The SMILES string of the molecule is CC(C)c1nc2ccc(C(F)(F)F)cn2c1C(C)CN. The van der Waals surface area contributed by atoms with Crippen LogP contribution in [0.5, 0.6) is 0 Å². The highest BCUT2D eigenvalue weighted by Crippen LogP contribution is 2.32. The molecule has 0 fully saturated rings. The summed E-state index contributed by atoms with van der Waals surface area (Å²) in [4.78, 5) is 4.44. The third kappa shape index (κ3) is 2.52. The third-order valence-electron chi connectivity index (χ3n) is 3.38. The van der Waals surface area contributed by atoms with Crippen molar-refractivity contribution >= 4 is 5.65 Å². The van der Waals surface area contributed by atoms with Gasteiger partial charge in [0.15, 0.2) is 0 Å². The van der Waals surface area contributed by atoms with E-state index in [0.29, 0.717) is 12.2 Å². The highest BCUT2D eigenvalue weighted by molar-refractivity contribution is 5.46. The van der Waals surface area contributed by atoms with Gasteiger partial charge < -0.3 is 10.1 Å². The van der Waals surface area contributed by atoms with Crippen LogP contribution in [0.3, 0.4) is 0 Å². The van der Waals surface area contributed by atoms with Crippen LogP contribution in [0, 0.1) is 0 Å². The van der Waals surface area contributed by atoms with Gasteiger partial charge in [0.05, 0.1) is 11.3 Å². The van der Waals surface area contributed by atoms with Crippen LogP contribution in [-0.2, 0) is 6.18 Å². The van der Waals surface area contributed by atoms with Crippen molar-refractivity contribution in [1.29, 1.82) is 0 Å². The van der Waals surface area contributed by atoms with Crippen molar-refractivity contribution < 1.29 is 13.2 Å². The zero-order valence-corrected chi connectivity index (χ0v) is 11.7. The number of nitrogens with zero attached hydrogens (tertiary/aromatic N) is 2. The number of fused-ring (bicyclic) bond motifs is 1. The van der Waals surface area contributed by atoms with Gasteiger partial charge >= 0.3 is 6.18 Å². The predicted molar refractivity (Wildman–Crippen MR) is 71.8 cm³/mol. The Labute approximate surface area is 115 Å². The Morgan fingerprint density at radius 2 is 1.90 bits per heavy atom. The summed E-state index contributed by atoms with van der Waals surface area (Å²) in [6.45, 7) is 6.21. The topological polar surface area (TPSA) is 43.3 Å². The van der Waals surface area contributed by atoms with E-state index >= 15 is 0 Å². The maximum atomic E-state index is 12.8. The lowest BCUT2D eigenvalue weighted by molar-refractivity contribution is -0.137. The van der Waals surface area contributed by atoms with Crippen molar-refractivity contribution in [3.05, 3.63) is 35.3 Å². The van der Waals surface area contributed by atoms with Gasteiger partial charge in [-0.05, 0) is 18.1 Å². The molecule has 0 bridgehead atoms. The molecule has 110 valence electrons. The summed E-state index contributed by atoms with van der Waals surface area (Å²) in [5.41, 5.74) is 7.11. The highest BCUT2D eigenvalue weighted by atomic mass is 19.4. The number of alkyl halides is 3. The number of pyridine rings is 1. The molecule has 6 heteroatoms. The van der Waals surface area contributed by atoms with E-state index < -0.39 is 11.7 Å². The van der Waals surface area contributed by atoms with Crippen LogP contribution >= 0.6 is 0 Å². The van der Waals surface area contributed by atoms with Gasteiger partial charge in [0, 0.05) is 24.4 Å². The molecule has 0 saturated carbocycles. The summed E-state index contributed by atoms with van der Waals surface area (Å²) in [5, 5.41) is 0. The van der Waals surface area contributed by atoms with Crippen LogP contribution in [0.15, 0.2) is 18.3 Å². The second kappa shape index (κ2) is 5.09. The molecule has 3 nitrogen and oxygen atoms in total. The molecule has 0 aliphatic carbocycles. The quantitative estimate of drug-likeness (QED) is 0.937. The van der Waals surface area contributed by atoms with Crippen LogP contribution in [0.4, 0.5) is 13.2 Å². The largest absolute Gasteiger partial charge is 0.417 e. The lowest BCUT2D eigenvalue weighted by atomic mass is 10.00. The molecule has 2 heterocycles. The summed E-state index contributed by atoms with van der Waals surface area (Å²) in [7, 11) is 0. The van der Waals surface area contributed by atoms with Gasteiger partial charge in [0.25, 0.3) is 0 Å². The minimum absolute atomic E-state index is 0.0501. The van der Waals surface area contributed by atoms with Gasteiger partial charge in [-0.1, -0.05) is 20.8 Å². The van der Waals surface area contributed by atoms with E-state index in [1.165, 1.54) is 10.5 Å². The third-order valence-corrected chi connectivity index (χ3v) is 3.38. The van der Waals surface area contributed by atoms with Crippen LogP contribution in [0.1, 0.15) is 49.6 Å². The van der Waals surface area contributed by atoms with E-state index in [9.17, 15) is 13.2 Å². The van der Waals surface area contributed by atoms with Crippen molar-refractivity contribution in [2.45, 2.75) is 38.8 Å². The fourth-order valence-corrected chi connectivity index (χ4v) is 2.28. The summed E-state index contributed by atoms with van der Waals surface area (Å²) >= 11 is 0. The molecule has 20 heavy (non-hydrogen) atoms. The molecule has 0 aliphatic rings. The summed E-state index contributed by atoms with van der Waals surface area (Å²) < 4.78 is 40.0. The van der Waals surface area contributed by atoms with E-state index in [1.807, 2.05) is 20.8 Å². The second-order valence-corrected chi connectivity index (χ2v) is 5.32. The first-order chi connectivity index (χ1) is 9.25. The molecular formula is C14H18F3N3. The molecule has 0 spiro atoms. The van der Waals surface area contributed by atoms with Gasteiger partial charge in [-0.2, -0.15) is 13.2 Å². The first-order valence-corrected chi connectivity index (χ1v) is 6.54. The number of hydrogen-bond donors (Lipinski definition) is 1. The van der Waals surface area contributed by atoms with E-state index in [1.54, 1.807) is 0 Å². The zero-order valence-electron chi connectivity index (χ0n) is 11.7. The van der Waals surface area contributed by atoms with Gasteiger partial charge in [0.2, 0.25) is 0 Å². The highest BCUT2D eigenvalue weighted by Gasteiger charge is 2.31. The molecule has 0 aliphatic heterocycles. The van der Waals surface area contributed by atoms with Crippen LogP contribution in [0.2, 0.25) is 0 Å². The zero-order chi connectivity index (χ0) is 15.1. The van der Waals surface area contributed by atoms with Gasteiger partial charge in [-0.15, -0.1) is 0 Å². The van der Waals surface area contributed by atoms with Crippen molar-refractivity contribution in [2.75, 3.05) is 6.54 Å².